The van der Waals surface area contributed by atoms with E-state index in [1.807, 2.05) is 105 Å². The van der Waals surface area contributed by atoms with E-state index >= 15 is 0 Å². The summed E-state index contributed by atoms with van der Waals surface area (Å²) in [6, 6.07) is 30.1. The van der Waals surface area contributed by atoms with Crippen LogP contribution in [0.5, 0.6) is 0 Å². The number of benzene rings is 3. The SMILES string of the molecule is CCC(CO)(CO)COB1OC(C)(c2ccccc2)C(c2ccccc2)(c2ccccc2)O1. The Morgan fingerprint density at radius 2 is 1.21 bits per heavy atom. The van der Waals surface area contributed by atoms with Crippen LogP contribution in [0.25, 0.3) is 0 Å². The fourth-order valence-electron chi connectivity index (χ4n) is 4.56. The lowest BCUT2D eigenvalue weighted by molar-refractivity contribution is -0.0151. The first-order valence-corrected chi connectivity index (χ1v) is 11.4. The highest BCUT2D eigenvalue weighted by atomic mass is 16.8. The number of hydrogen-bond acceptors (Lipinski definition) is 5. The summed E-state index contributed by atoms with van der Waals surface area (Å²) in [5.74, 6) is 0. The average molecular weight is 446 g/mol. The Hall–Kier alpha value is -2.48. The molecule has 1 aliphatic rings. The number of hydrogen-bond donors (Lipinski definition) is 2. The molecule has 172 valence electrons. The van der Waals surface area contributed by atoms with Gasteiger partial charge in [0.1, 0.15) is 11.2 Å². The lowest BCUT2D eigenvalue weighted by atomic mass is 9.70. The summed E-state index contributed by atoms with van der Waals surface area (Å²) in [5.41, 5.74) is 0.166. The zero-order valence-electron chi connectivity index (χ0n) is 19.2. The van der Waals surface area contributed by atoms with E-state index in [1.165, 1.54) is 0 Å². The predicted molar refractivity (Wildman–Crippen MR) is 128 cm³/mol. The molecule has 0 bridgehead atoms. The van der Waals surface area contributed by atoms with Gasteiger partial charge in [-0.05, 0) is 30.0 Å². The first kappa shape index (κ1) is 23.7. The Bertz CT molecular complexity index is 963. The van der Waals surface area contributed by atoms with Crippen LogP contribution in [-0.2, 0) is 25.2 Å². The Morgan fingerprint density at radius 3 is 1.64 bits per heavy atom. The van der Waals surface area contributed by atoms with E-state index in [-0.39, 0.29) is 19.8 Å². The minimum Gasteiger partial charge on any atom is -0.396 e. The molecule has 1 aliphatic heterocycles. The predicted octanol–water partition coefficient (Wildman–Crippen LogP) is 4.27. The molecule has 1 fully saturated rings. The molecule has 3 aromatic carbocycles. The topological polar surface area (TPSA) is 68.2 Å². The van der Waals surface area contributed by atoms with Crippen molar-refractivity contribution in [2.24, 2.45) is 5.41 Å². The largest absolute Gasteiger partial charge is 0.641 e. The van der Waals surface area contributed by atoms with Crippen molar-refractivity contribution in [3.63, 3.8) is 0 Å². The van der Waals surface area contributed by atoms with E-state index in [0.29, 0.717) is 6.42 Å². The minimum atomic E-state index is -1.00. The number of aliphatic hydroxyl groups excluding tert-OH is 2. The molecule has 1 atom stereocenters. The minimum absolute atomic E-state index is 0.103. The van der Waals surface area contributed by atoms with Crippen LogP contribution in [0.2, 0.25) is 0 Å². The first-order valence-electron chi connectivity index (χ1n) is 11.4. The summed E-state index contributed by atoms with van der Waals surface area (Å²) in [5, 5.41) is 19.7. The molecule has 4 rings (SSSR count). The van der Waals surface area contributed by atoms with Crippen LogP contribution < -0.4 is 0 Å². The molecule has 33 heavy (non-hydrogen) atoms. The van der Waals surface area contributed by atoms with Crippen LogP contribution in [0.4, 0.5) is 0 Å². The maximum absolute atomic E-state index is 9.87. The second kappa shape index (κ2) is 9.79. The Balaban J connectivity index is 1.83. The normalized spacial score (nSPS) is 20.2. The van der Waals surface area contributed by atoms with Gasteiger partial charge in [0, 0.05) is 12.0 Å². The molecule has 0 saturated carbocycles. The maximum Gasteiger partial charge on any atom is 0.641 e. The first-order chi connectivity index (χ1) is 16.0. The van der Waals surface area contributed by atoms with Crippen molar-refractivity contribution in [2.75, 3.05) is 19.8 Å². The van der Waals surface area contributed by atoms with Crippen molar-refractivity contribution < 1.29 is 24.2 Å². The van der Waals surface area contributed by atoms with Crippen molar-refractivity contribution in [1.29, 1.82) is 0 Å². The van der Waals surface area contributed by atoms with E-state index in [1.54, 1.807) is 0 Å². The van der Waals surface area contributed by atoms with Crippen LogP contribution in [0.15, 0.2) is 91.0 Å². The van der Waals surface area contributed by atoms with E-state index in [9.17, 15) is 10.2 Å². The third-order valence-corrected chi connectivity index (χ3v) is 6.91. The zero-order chi connectivity index (χ0) is 23.4. The Labute approximate surface area is 196 Å². The third kappa shape index (κ3) is 4.14. The highest BCUT2D eigenvalue weighted by Crippen LogP contribution is 2.55. The fourth-order valence-corrected chi connectivity index (χ4v) is 4.56. The van der Waals surface area contributed by atoms with Gasteiger partial charge in [0.25, 0.3) is 0 Å². The summed E-state index contributed by atoms with van der Waals surface area (Å²) < 4.78 is 19.4. The monoisotopic (exact) mass is 446 g/mol. The van der Waals surface area contributed by atoms with Gasteiger partial charge < -0.3 is 24.2 Å². The van der Waals surface area contributed by atoms with Crippen molar-refractivity contribution in [2.45, 2.75) is 31.5 Å². The smallest absolute Gasteiger partial charge is 0.396 e. The van der Waals surface area contributed by atoms with Gasteiger partial charge in [-0.15, -0.1) is 0 Å². The molecular formula is C27H31BO5. The van der Waals surface area contributed by atoms with Gasteiger partial charge in [-0.1, -0.05) is 97.9 Å². The van der Waals surface area contributed by atoms with Gasteiger partial charge in [-0.25, -0.2) is 0 Å². The Morgan fingerprint density at radius 1 is 0.758 bits per heavy atom. The molecule has 0 amide bonds. The van der Waals surface area contributed by atoms with Gasteiger partial charge >= 0.3 is 7.32 Å². The quantitative estimate of drug-likeness (QED) is 0.481. The summed E-state index contributed by atoms with van der Waals surface area (Å²) in [4.78, 5) is 0. The van der Waals surface area contributed by atoms with Crippen molar-refractivity contribution in [1.82, 2.24) is 0 Å². The van der Waals surface area contributed by atoms with Gasteiger partial charge in [-0.2, -0.15) is 0 Å². The molecule has 0 spiro atoms. The van der Waals surface area contributed by atoms with Crippen molar-refractivity contribution in [3.8, 4) is 0 Å². The van der Waals surface area contributed by atoms with Crippen LogP contribution in [0.3, 0.4) is 0 Å². The Kier molecular flexibility index (Phi) is 7.03. The zero-order valence-corrected chi connectivity index (χ0v) is 19.2. The molecule has 0 aliphatic carbocycles. The van der Waals surface area contributed by atoms with Gasteiger partial charge in [0.05, 0.1) is 13.2 Å². The summed E-state index contributed by atoms with van der Waals surface area (Å²) in [6.07, 6.45) is 0.561. The van der Waals surface area contributed by atoms with E-state index < -0.39 is 23.9 Å². The lowest BCUT2D eigenvalue weighted by Gasteiger charge is -2.43. The standard InChI is InChI=1S/C27H31BO5/c1-3-26(19-29,20-30)21-31-28-32-25(2,22-13-7-4-8-14-22)27(33-28,23-15-9-5-10-16-23)24-17-11-6-12-18-24/h4-18,29-30H,3,19-21H2,1-2H3. The van der Waals surface area contributed by atoms with Crippen LogP contribution in [-0.4, -0.2) is 37.4 Å². The fraction of sp³-hybridized carbons (Fsp3) is 0.333. The third-order valence-electron chi connectivity index (χ3n) is 6.91. The number of aliphatic hydroxyl groups is 2. The molecule has 0 radical (unpaired) electrons. The lowest BCUT2D eigenvalue weighted by Crippen LogP contribution is -2.45. The maximum atomic E-state index is 9.87. The molecule has 6 heteroatoms. The van der Waals surface area contributed by atoms with E-state index in [2.05, 4.69) is 0 Å². The molecule has 2 N–H and O–H groups in total. The van der Waals surface area contributed by atoms with E-state index in [0.717, 1.165) is 16.7 Å². The number of rotatable bonds is 9. The van der Waals surface area contributed by atoms with E-state index in [4.69, 9.17) is 14.0 Å². The van der Waals surface area contributed by atoms with Crippen molar-refractivity contribution in [3.05, 3.63) is 108 Å². The van der Waals surface area contributed by atoms with Crippen LogP contribution in [0, 0.1) is 5.41 Å². The van der Waals surface area contributed by atoms with Crippen molar-refractivity contribution >= 4 is 7.32 Å². The highest BCUT2D eigenvalue weighted by Gasteiger charge is 2.63. The average Bonchev–Trinajstić information content (AvgIpc) is 3.21. The summed E-state index contributed by atoms with van der Waals surface area (Å²) >= 11 is 0. The second-order valence-corrected chi connectivity index (χ2v) is 8.82. The highest BCUT2D eigenvalue weighted by molar-refractivity contribution is 6.37. The molecule has 1 heterocycles. The summed E-state index contributed by atoms with van der Waals surface area (Å²) in [7, 11) is -1.00. The molecule has 5 nitrogen and oxygen atoms in total. The molecule has 0 aromatic heterocycles. The second-order valence-electron chi connectivity index (χ2n) is 8.82. The van der Waals surface area contributed by atoms with Crippen LogP contribution in [0.1, 0.15) is 37.0 Å². The summed E-state index contributed by atoms with van der Waals surface area (Å²) in [6.45, 7) is 3.66. The molecular weight excluding hydrogens is 415 g/mol. The van der Waals surface area contributed by atoms with Crippen LogP contribution >= 0.6 is 0 Å². The van der Waals surface area contributed by atoms with Gasteiger partial charge in [0.15, 0.2) is 0 Å². The molecule has 3 aromatic rings. The van der Waals surface area contributed by atoms with Gasteiger partial charge in [0.2, 0.25) is 0 Å². The molecule has 1 unspecified atom stereocenters. The molecule has 1 saturated heterocycles. The van der Waals surface area contributed by atoms with Gasteiger partial charge in [-0.3, -0.25) is 0 Å².